The first-order valence-electron chi connectivity index (χ1n) is 3.45. The highest BCUT2D eigenvalue weighted by molar-refractivity contribution is 7.16. The van der Waals surface area contributed by atoms with Gasteiger partial charge in [-0.3, -0.25) is 0 Å². The lowest BCUT2D eigenvalue weighted by atomic mass is 10.3. The number of nitrogens with two attached hydrogens (primary N) is 1. The maximum absolute atomic E-state index is 5.55. The molecule has 0 radical (unpaired) electrons. The minimum atomic E-state index is 0.645. The molecular weight excluding hydrogens is 156 g/mol. The Morgan fingerprint density at radius 3 is 3.09 bits per heavy atom. The third-order valence-electron chi connectivity index (χ3n) is 1.51. The zero-order valence-corrected chi connectivity index (χ0v) is 6.77. The normalized spacial score (nSPS) is 14.5. The second kappa shape index (κ2) is 2.51. The van der Waals surface area contributed by atoms with Gasteiger partial charge in [-0.1, -0.05) is 23.5 Å². The number of hydrogen-bond donors (Lipinski definition) is 1. The molecule has 0 aliphatic heterocycles. The lowest BCUT2D eigenvalue weighted by Crippen LogP contribution is -1.80. The Kier molecular flexibility index (Phi) is 1.51. The Morgan fingerprint density at radius 1 is 1.36 bits per heavy atom. The number of hydrogen-bond acceptors (Lipinski definition) is 3. The predicted octanol–water partition coefficient (Wildman–Crippen LogP) is 2.16. The van der Waals surface area contributed by atoms with Crippen LogP contribution in [-0.2, 0) is 0 Å². The van der Waals surface area contributed by atoms with E-state index in [1.807, 2.05) is 6.08 Å². The fourth-order valence-electron chi connectivity index (χ4n) is 1.03. The minimum Gasteiger partial charge on any atom is -0.375 e. The summed E-state index contributed by atoms with van der Waals surface area (Å²) in [4.78, 5) is 5.33. The van der Waals surface area contributed by atoms with Gasteiger partial charge in [-0.15, -0.1) is 0 Å². The van der Waals surface area contributed by atoms with Crippen molar-refractivity contribution in [1.82, 2.24) is 4.98 Å². The maximum atomic E-state index is 5.55. The average molecular weight is 164 g/mol. The molecule has 2 rings (SSSR count). The van der Waals surface area contributed by atoms with Gasteiger partial charge < -0.3 is 5.73 Å². The number of thiazole rings is 1. The van der Waals surface area contributed by atoms with E-state index in [9.17, 15) is 0 Å². The van der Waals surface area contributed by atoms with Crippen LogP contribution < -0.4 is 5.73 Å². The number of nitrogen functional groups attached to an aromatic ring is 1. The molecule has 0 fully saturated rings. The SMILES string of the molecule is Nc1nc2c(s1)C=CCC=C2. The molecule has 1 aromatic rings. The van der Waals surface area contributed by atoms with Gasteiger partial charge in [0.1, 0.15) is 0 Å². The van der Waals surface area contributed by atoms with Gasteiger partial charge in [0, 0.05) is 0 Å². The van der Waals surface area contributed by atoms with Crippen molar-refractivity contribution in [3.05, 3.63) is 22.7 Å². The molecule has 2 nitrogen and oxygen atoms in total. The molecule has 0 aromatic carbocycles. The molecule has 1 aliphatic carbocycles. The maximum Gasteiger partial charge on any atom is 0.181 e. The van der Waals surface area contributed by atoms with Gasteiger partial charge in [-0.2, -0.15) is 0 Å². The van der Waals surface area contributed by atoms with Crippen molar-refractivity contribution in [2.24, 2.45) is 0 Å². The first-order chi connectivity index (χ1) is 5.36. The minimum absolute atomic E-state index is 0.645. The summed E-state index contributed by atoms with van der Waals surface area (Å²) in [6.07, 6.45) is 9.27. The molecule has 56 valence electrons. The molecule has 0 bridgehead atoms. The fourth-order valence-corrected chi connectivity index (χ4v) is 1.79. The molecule has 0 saturated carbocycles. The standard InChI is InChI=1S/C8H8N2S/c9-8-10-6-4-2-1-3-5-7(6)11-8/h2-5H,1H2,(H2,9,10). The number of aromatic nitrogens is 1. The summed E-state index contributed by atoms with van der Waals surface area (Å²) in [7, 11) is 0. The molecule has 2 N–H and O–H groups in total. The summed E-state index contributed by atoms with van der Waals surface area (Å²) in [5, 5.41) is 0.645. The number of rotatable bonds is 0. The molecule has 1 aliphatic rings. The molecule has 0 saturated heterocycles. The van der Waals surface area contributed by atoms with Gasteiger partial charge in [-0.25, -0.2) is 4.98 Å². The van der Waals surface area contributed by atoms with Gasteiger partial charge in [-0.05, 0) is 18.6 Å². The summed E-state index contributed by atoms with van der Waals surface area (Å²) in [6, 6.07) is 0. The Balaban J connectivity index is 2.56. The zero-order valence-electron chi connectivity index (χ0n) is 5.95. The van der Waals surface area contributed by atoms with Crippen LogP contribution in [0, 0.1) is 0 Å². The molecule has 0 atom stereocenters. The Hall–Kier alpha value is -1.09. The van der Waals surface area contributed by atoms with E-state index in [4.69, 9.17) is 5.73 Å². The third kappa shape index (κ3) is 1.19. The van der Waals surface area contributed by atoms with E-state index in [0.29, 0.717) is 5.13 Å². The van der Waals surface area contributed by atoms with E-state index in [2.05, 4.69) is 23.2 Å². The Morgan fingerprint density at radius 2 is 2.18 bits per heavy atom. The lowest BCUT2D eigenvalue weighted by molar-refractivity contribution is 1.37. The molecular formula is C8H8N2S. The fraction of sp³-hybridized carbons (Fsp3) is 0.125. The third-order valence-corrected chi connectivity index (χ3v) is 2.38. The molecule has 3 heteroatoms. The summed E-state index contributed by atoms with van der Waals surface area (Å²) in [6.45, 7) is 0. The molecule has 1 heterocycles. The van der Waals surface area contributed by atoms with E-state index < -0.39 is 0 Å². The monoisotopic (exact) mass is 164 g/mol. The van der Waals surface area contributed by atoms with Crippen LogP contribution in [0.25, 0.3) is 12.2 Å². The van der Waals surface area contributed by atoms with Crippen molar-refractivity contribution in [2.45, 2.75) is 6.42 Å². The zero-order chi connectivity index (χ0) is 7.68. The van der Waals surface area contributed by atoms with Crippen LogP contribution in [-0.4, -0.2) is 4.98 Å². The van der Waals surface area contributed by atoms with E-state index in [-0.39, 0.29) is 0 Å². The van der Waals surface area contributed by atoms with Gasteiger partial charge in [0.2, 0.25) is 0 Å². The molecule has 1 aromatic heterocycles. The van der Waals surface area contributed by atoms with Crippen molar-refractivity contribution >= 4 is 28.6 Å². The van der Waals surface area contributed by atoms with Crippen molar-refractivity contribution in [2.75, 3.05) is 5.73 Å². The van der Waals surface area contributed by atoms with Gasteiger partial charge >= 0.3 is 0 Å². The number of fused-ring (bicyclic) bond motifs is 1. The van der Waals surface area contributed by atoms with Crippen molar-refractivity contribution in [3.63, 3.8) is 0 Å². The van der Waals surface area contributed by atoms with E-state index in [1.54, 1.807) is 0 Å². The average Bonchev–Trinajstić information content (AvgIpc) is 2.17. The first kappa shape index (κ1) is 6.61. The highest BCUT2D eigenvalue weighted by atomic mass is 32.1. The van der Waals surface area contributed by atoms with Crippen molar-refractivity contribution < 1.29 is 0 Å². The Bertz CT molecular complexity index is 293. The van der Waals surface area contributed by atoms with E-state index >= 15 is 0 Å². The quantitative estimate of drug-likeness (QED) is 0.638. The second-order valence-corrected chi connectivity index (χ2v) is 3.40. The van der Waals surface area contributed by atoms with Gasteiger partial charge in [0.15, 0.2) is 5.13 Å². The molecule has 0 spiro atoms. The largest absolute Gasteiger partial charge is 0.375 e. The lowest BCUT2D eigenvalue weighted by Gasteiger charge is -1.82. The predicted molar refractivity (Wildman–Crippen MR) is 49.2 cm³/mol. The summed E-state index contributed by atoms with van der Waals surface area (Å²) in [5.74, 6) is 0. The molecule has 11 heavy (non-hydrogen) atoms. The number of nitrogens with zero attached hydrogens (tertiary/aromatic N) is 1. The van der Waals surface area contributed by atoms with E-state index in [0.717, 1.165) is 17.0 Å². The van der Waals surface area contributed by atoms with Crippen LogP contribution in [0.4, 0.5) is 5.13 Å². The van der Waals surface area contributed by atoms with Crippen LogP contribution in [0.15, 0.2) is 12.2 Å². The van der Waals surface area contributed by atoms with Crippen LogP contribution in [0.5, 0.6) is 0 Å². The second-order valence-electron chi connectivity index (χ2n) is 2.34. The van der Waals surface area contributed by atoms with E-state index in [1.165, 1.54) is 11.3 Å². The number of allylic oxidation sites excluding steroid dienone is 2. The van der Waals surface area contributed by atoms with Crippen LogP contribution in [0.1, 0.15) is 17.0 Å². The van der Waals surface area contributed by atoms with Crippen molar-refractivity contribution in [1.29, 1.82) is 0 Å². The first-order valence-corrected chi connectivity index (χ1v) is 4.27. The summed E-state index contributed by atoms with van der Waals surface area (Å²) < 4.78 is 0. The molecule has 0 amide bonds. The van der Waals surface area contributed by atoms with Gasteiger partial charge in [0.25, 0.3) is 0 Å². The molecule has 0 unspecified atom stereocenters. The highest BCUT2D eigenvalue weighted by Gasteiger charge is 2.04. The Labute approximate surface area is 69.1 Å². The van der Waals surface area contributed by atoms with Crippen LogP contribution >= 0.6 is 11.3 Å². The topological polar surface area (TPSA) is 38.9 Å². The summed E-state index contributed by atoms with van der Waals surface area (Å²) >= 11 is 1.53. The summed E-state index contributed by atoms with van der Waals surface area (Å²) in [5.41, 5.74) is 6.55. The van der Waals surface area contributed by atoms with Crippen LogP contribution in [0.2, 0.25) is 0 Å². The van der Waals surface area contributed by atoms with Crippen molar-refractivity contribution in [3.8, 4) is 0 Å². The highest BCUT2D eigenvalue weighted by Crippen LogP contribution is 2.24. The van der Waals surface area contributed by atoms with Crippen LogP contribution in [0.3, 0.4) is 0 Å². The smallest absolute Gasteiger partial charge is 0.181 e. The van der Waals surface area contributed by atoms with Gasteiger partial charge in [0.05, 0.1) is 10.6 Å². The number of anilines is 1.